The standard InChI is InChI=1S/C29H32N2O5S/c1-29(13-5-6-14-29)15-21-18-37-27-24(30-16-20-7-3-4-8-23(20)32)26(33)31(27)25(21)28(34)36-17-19-9-11-22(35-2)12-10-19/h3-4,7-12,16,24,27,32H,5-6,13-15,17-18H2,1-2H3/b30-16-/t24-,27-/m1/s1. The number of phenols is 1. The number of ether oxygens (including phenoxy) is 2. The van der Waals surface area contributed by atoms with Gasteiger partial charge in [-0.05, 0) is 60.1 Å². The zero-order valence-electron chi connectivity index (χ0n) is 21.2. The Labute approximate surface area is 221 Å². The number of carbonyl (C=O) groups excluding carboxylic acids is 2. The minimum absolute atomic E-state index is 0.112. The number of esters is 1. The van der Waals surface area contributed by atoms with Crippen molar-refractivity contribution in [3.8, 4) is 11.5 Å². The highest BCUT2D eigenvalue weighted by atomic mass is 32.2. The van der Waals surface area contributed by atoms with E-state index in [9.17, 15) is 14.7 Å². The van der Waals surface area contributed by atoms with Gasteiger partial charge in [0.2, 0.25) is 0 Å². The van der Waals surface area contributed by atoms with Gasteiger partial charge in [-0.2, -0.15) is 0 Å². The Morgan fingerprint density at radius 3 is 2.62 bits per heavy atom. The van der Waals surface area contributed by atoms with Crippen molar-refractivity contribution in [1.82, 2.24) is 4.90 Å². The molecule has 2 aliphatic heterocycles. The molecule has 1 saturated heterocycles. The summed E-state index contributed by atoms with van der Waals surface area (Å²) in [5, 5.41) is 9.77. The molecule has 2 fully saturated rings. The van der Waals surface area contributed by atoms with E-state index in [0.717, 1.165) is 36.1 Å². The van der Waals surface area contributed by atoms with E-state index >= 15 is 0 Å². The molecule has 0 bridgehead atoms. The summed E-state index contributed by atoms with van der Waals surface area (Å²) in [6, 6.07) is 13.6. The number of methoxy groups -OCH3 is 1. The van der Waals surface area contributed by atoms with Gasteiger partial charge in [0, 0.05) is 17.5 Å². The van der Waals surface area contributed by atoms with Gasteiger partial charge in [-0.3, -0.25) is 14.7 Å². The van der Waals surface area contributed by atoms with Crippen LogP contribution in [0.15, 0.2) is 64.8 Å². The molecule has 0 aromatic heterocycles. The Kier molecular flexibility index (Phi) is 7.29. The first kappa shape index (κ1) is 25.4. The third-order valence-corrected chi connectivity index (χ3v) is 8.83. The van der Waals surface area contributed by atoms with Crippen molar-refractivity contribution in [3.63, 3.8) is 0 Å². The number of aliphatic imine (C=N–C) groups is 1. The SMILES string of the molecule is COc1ccc(COC(=O)C2=C(CC3(C)CCCC3)CS[C@@H]3[C@H](/N=C\c4ccccc4O)C(=O)N23)cc1. The monoisotopic (exact) mass is 520 g/mol. The number of carbonyl (C=O) groups is 2. The lowest BCUT2D eigenvalue weighted by Crippen LogP contribution is -2.64. The number of thioether (sulfide) groups is 1. The molecule has 2 aromatic carbocycles. The lowest BCUT2D eigenvalue weighted by molar-refractivity contribution is -0.151. The van der Waals surface area contributed by atoms with Gasteiger partial charge >= 0.3 is 5.97 Å². The molecule has 3 aliphatic rings. The molecule has 8 heteroatoms. The molecule has 0 radical (unpaired) electrons. The van der Waals surface area contributed by atoms with Crippen molar-refractivity contribution in [1.29, 1.82) is 0 Å². The average molecular weight is 521 g/mol. The number of hydrogen-bond acceptors (Lipinski definition) is 7. The topological polar surface area (TPSA) is 88.4 Å². The molecule has 2 atom stereocenters. The molecule has 37 heavy (non-hydrogen) atoms. The Balaban J connectivity index is 1.37. The summed E-state index contributed by atoms with van der Waals surface area (Å²) in [6.45, 7) is 2.40. The lowest BCUT2D eigenvalue weighted by Gasteiger charge is -2.48. The van der Waals surface area contributed by atoms with Crippen molar-refractivity contribution in [3.05, 3.63) is 70.9 Å². The van der Waals surface area contributed by atoms with Crippen LogP contribution >= 0.6 is 11.8 Å². The second kappa shape index (κ2) is 10.6. The number of hydrogen-bond donors (Lipinski definition) is 1. The van der Waals surface area contributed by atoms with Gasteiger partial charge in [-0.15, -0.1) is 11.8 Å². The van der Waals surface area contributed by atoms with E-state index in [2.05, 4.69) is 11.9 Å². The van der Waals surface area contributed by atoms with Crippen LogP contribution in [0.1, 0.15) is 50.2 Å². The molecule has 0 spiro atoms. The largest absolute Gasteiger partial charge is 0.507 e. The maximum atomic E-state index is 13.5. The summed E-state index contributed by atoms with van der Waals surface area (Å²) in [4.78, 5) is 32.9. The van der Waals surface area contributed by atoms with Gasteiger partial charge in [0.15, 0.2) is 6.04 Å². The first-order valence-corrected chi connectivity index (χ1v) is 13.7. The minimum Gasteiger partial charge on any atom is -0.507 e. The van der Waals surface area contributed by atoms with Crippen LogP contribution in [0.25, 0.3) is 0 Å². The highest BCUT2D eigenvalue weighted by Gasteiger charge is 2.54. The maximum absolute atomic E-state index is 13.5. The summed E-state index contributed by atoms with van der Waals surface area (Å²) in [5.74, 6) is 0.836. The lowest BCUT2D eigenvalue weighted by atomic mass is 9.81. The van der Waals surface area contributed by atoms with Crippen molar-refractivity contribution in [2.45, 2.75) is 57.1 Å². The molecule has 7 nitrogen and oxygen atoms in total. The third-order valence-electron chi connectivity index (χ3n) is 7.50. The van der Waals surface area contributed by atoms with Gasteiger partial charge in [0.1, 0.15) is 29.2 Å². The summed E-state index contributed by atoms with van der Waals surface area (Å²) in [6.07, 6.45) is 6.97. The molecule has 0 unspecified atom stereocenters. The van der Waals surface area contributed by atoms with Gasteiger partial charge < -0.3 is 14.6 Å². The van der Waals surface area contributed by atoms with Gasteiger partial charge in [-0.25, -0.2) is 4.79 Å². The smallest absolute Gasteiger partial charge is 0.355 e. The predicted octanol–water partition coefficient (Wildman–Crippen LogP) is 5.07. The Morgan fingerprint density at radius 1 is 1.19 bits per heavy atom. The number of rotatable bonds is 8. The fourth-order valence-electron chi connectivity index (χ4n) is 5.41. The quantitative estimate of drug-likeness (QED) is 0.297. The summed E-state index contributed by atoms with van der Waals surface area (Å²) < 4.78 is 10.9. The zero-order chi connectivity index (χ0) is 26.0. The van der Waals surface area contributed by atoms with Gasteiger partial charge in [-0.1, -0.05) is 44.0 Å². The fourth-order valence-corrected chi connectivity index (χ4v) is 6.75. The molecule has 1 aliphatic carbocycles. The molecular weight excluding hydrogens is 488 g/mol. The van der Waals surface area contributed by atoms with Crippen molar-refractivity contribution in [2.24, 2.45) is 10.4 Å². The van der Waals surface area contributed by atoms with Crippen LogP contribution in [0, 0.1) is 5.41 Å². The second-order valence-electron chi connectivity index (χ2n) is 10.3. The minimum atomic E-state index is -0.599. The van der Waals surface area contributed by atoms with E-state index in [4.69, 9.17) is 9.47 Å². The van der Waals surface area contributed by atoms with E-state index in [1.807, 2.05) is 24.3 Å². The number of aromatic hydroxyl groups is 1. The average Bonchev–Trinajstić information content (AvgIpc) is 3.34. The second-order valence-corrected chi connectivity index (χ2v) is 11.4. The molecule has 1 saturated carbocycles. The molecule has 5 rings (SSSR count). The normalized spacial score (nSPS) is 22.6. The number of nitrogens with zero attached hydrogens (tertiary/aromatic N) is 2. The third kappa shape index (κ3) is 5.25. The highest BCUT2D eigenvalue weighted by Crippen LogP contribution is 2.48. The molecular formula is C29H32N2O5S. The number of para-hydroxylation sites is 1. The van der Waals surface area contributed by atoms with Crippen LogP contribution in [0.3, 0.4) is 0 Å². The van der Waals surface area contributed by atoms with Crippen LogP contribution in [-0.2, 0) is 20.9 Å². The van der Waals surface area contributed by atoms with Crippen LogP contribution in [-0.4, -0.2) is 52.4 Å². The Morgan fingerprint density at radius 2 is 1.92 bits per heavy atom. The summed E-state index contributed by atoms with van der Waals surface area (Å²) >= 11 is 1.64. The molecule has 1 N–H and O–H groups in total. The van der Waals surface area contributed by atoms with E-state index in [1.165, 1.54) is 19.1 Å². The molecule has 2 aromatic rings. The Hall–Kier alpha value is -3.26. The highest BCUT2D eigenvalue weighted by molar-refractivity contribution is 8.00. The summed E-state index contributed by atoms with van der Waals surface area (Å²) in [5.41, 5.74) is 2.92. The number of amides is 1. The van der Waals surface area contributed by atoms with Crippen molar-refractivity contribution < 1.29 is 24.2 Å². The molecule has 1 amide bonds. The van der Waals surface area contributed by atoms with Gasteiger partial charge in [0.05, 0.1) is 7.11 Å². The number of benzene rings is 2. The van der Waals surface area contributed by atoms with E-state index < -0.39 is 12.0 Å². The van der Waals surface area contributed by atoms with Crippen molar-refractivity contribution >= 4 is 29.9 Å². The van der Waals surface area contributed by atoms with E-state index in [1.54, 1.807) is 48.0 Å². The Bertz CT molecular complexity index is 1230. The predicted molar refractivity (Wildman–Crippen MR) is 144 cm³/mol. The first-order chi connectivity index (χ1) is 17.9. The maximum Gasteiger partial charge on any atom is 0.355 e. The van der Waals surface area contributed by atoms with Crippen LogP contribution in [0.2, 0.25) is 0 Å². The van der Waals surface area contributed by atoms with Crippen LogP contribution in [0.5, 0.6) is 11.5 Å². The number of β-lactam (4-membered cyclic amide) rings is 1. The number of phenolic OH excluding ortho intramolecular Hbond substituents is 1. The first-order valence-electron chi connectivity index (χ1n) is 12.7. The molecule has 194 valence electrons. The number of fused-ring (bicyclic) bond motifs is 1. The van der Waals surface area contributed by atoms with Crippen LogP contribution in [0.4, 0.5) is 0 Å². The van der Waals surface area contributed by atoms with E-state index in [-0.39, 0.29) is 29.1 Å². The zero-order valence-corrected chi connectivity index (χ0v) is 22.0. The molecule has 2 heterocycles. The van der Waals surface area contributed by atoms with Crippen LogP contribution < -0.4 is 4.74 Å². The summed E-state index contributed by atoms with van der Waals surface area (Å²) in [7, 11) is 1.61. The fraction of sp³-hybridized carbons (Fsp3) is 0.414. The van der Waals surface area contributed by atoms with E-state index in [0.29, 0.717) is 17.0 Å². The van der Waals surface area contributed by atoms with Gasteiger partial charge in [0.25, 0.3) is 5.91 Å². The van der Waals surface area contributed by atoms with Crippen molar-refractivity contribution in [2.75, 3.05) is 12.9 Å².